The zero-order valence-electron chi connectivity index (χ0n) is 22.8. The van der Waals surface area contributed by atoms with E-state index in [2.05, 4.69) is 15.4 Å². The van der Waals surface area contributed by atoms with Crippen LogP contribution in [0.15, 0.2) is 77.0 Å². The Morgan fingerprint density at radius 1 is 1.12 bits per heavy atom. The molecule has 210 valence electrons. The molecule has 1 saturated heterocycles. The Morgan fingerprint density at radius 3 is 2.52 bits per heavy atom. The maximum absolute atomic E-state index is 13.1. The number of allylic oxidation sites excluding steroid dienone is 1. The van der Waals surface area contributed by atoms with Gasteiger partial charge in [-0.1, -0.05) is 65.8 Å². The molecule has 9 nitrogen and oxygen atoms in total. The number of nitrogens with one attached hydrogen (secondary N) is 1. The van der Waals surface area contributed by atoms with Crippen molar-refractivity contribution in [3.63, 3.8) is 0 Å². The molecule has 1 aliphatic heterocycles. The van der Waals surface area contributed by atoms with Gasteiger partial charge in [0.15, 0.2) is 11.5 Å². The van der Waals surface area contributed by atoms with Crippen LogP contribution >= 0.6 is 0 Å². The summed E-state index contributed by atoms with van der Waals surface area (Å²) >= 11 is 0. The number of amides is 1. The molecular weight excluding hydrogens is 510 g/mol. The molecule has 0 spiro atoms. The number of ether oxygens (including phenoxy) is 2. The molecule has 2 unspecified atom stereocenters. The number of hydrogen-bond acceptors (Lipinski definition) is 8. The van der Waals surface area contributed by atoms with Crippen LogP contribution in [-0.4, -0.2) is 78.3 Å². The molecule has 3 N–H and O–H groups in total. The molecule has 2 atom stereocenters. The first-order valence-corrected chi connectivity index (χ1v) is 13.5. The predicted molar refractivity (Wildman–Crippen MR) is 151 cm³/mol. The van der Waals surface area contributed by atoms with Crippen LogP contribution in [0.3, 0.4) is 0 Å². The number of aliphatic hydroxyl groups excluding tert-OH is 1. The summed E-state index contributed by atoms with van der Waals surface area (Å²) in [7, 11) is 1.48. The smallest absolute Gasteiger partial charge is 0.274 e. The Bertz CT molecular complexity index is 1380. The number of aliphatic hydroxyl groups is 2. The molecule has 40 heavy (non-hydrogen) atoms. The summed E-state index contributed by atoms with van der Waals surface area (Å²) in [6.07, 6.45) is 3.13. The molecule has 5 rings (SSSR count). The number of carbonyl (C=O) groups excluding carboxylic acids is 1. The second kappa shape index (κ2) is 12.2. The van der Waals surface area contributed by atoms with Crippen molar-refractivity contribution in [3.05, 3.63) is 95.1 Å². The first kappa shape index (κ1) is 27.8. The van der Waals surface area contributed by atoms with Gasteiger partial charge in [-0.2, -0.15) is 0 Å². The zero-order chi connectivity index (χ0) is 28.1. The fourth-order valence-electron chi connectivity index (χ4n) is 5.32. The third-order valence-corrected chi connectivity index (χ3v) is 7.30. The predicted octanol–water partition coefficient (Wildman–Crippen LogP) is 3.92. The number of nitrogens with zero attached hydrogens (tertiary/aromatic N) is 2. The number of aromatic nitrogens is 1. The van der Waals surface area contributed by atoms with Crippen molar-refractivity contribution < 1.29 is 29.0 Å². The first-order valence-electron chi connectivity index (χ1n) is 13.5. The maximum Gasteiger partial charge on any atom is 0.274 e. The van der Waals surface area contributed by atoms with E-state index in [-0.39, 0.29) is 24.0 Å². The zero-order valence-corrected chi connectivity index (χ0v) is 22.8. The van der Waals surface area contributed by atoms with Gasteiger partial charge in [-0.15, -0.1) is 0 Å². The van der Waals surface area contributed by atoms with Crippen molar-refractivity contribution in [1.29, 1.82) is 0 Å². The fraction of sp³-hybridized carbons (Fsp3) is 0.355. The van der Waals surface area contributed by atoms with Crippen LogP contribution in [0.1, 0.15) is 40.2 Å². The minimum Gasteiger partial charge on any atom is -0.508 e. The van der Waals surface area contributed by atoms with Crippen LogP contribution in [0.4, 0.5) is 0 Å². The van der Waals surface area contributed by atoms with Crippen LogP contribution in [0.25, 0.3) is 16.7 Å². The summed E-state index contributed by atoms with van der Waals surface area (Å²) in [6.45, 7) is 6.16. The Labute approximate surface area is 233 Å². The highest BCUT2D eigenvalue weighted by atomic mass is 16.5. The van der Waals surface area contributed by atoms with Gasteiger partial charge in [0, 0.05) is 38.9 Å². The highest BCUT2D eigenvalue weighted by Crippen LogP contribution is 2.45. The first-order chi connectivity index (χ1) is 19.4. The molecule has 0 saturated carbocycles. The number of morpholine rings is 1. The molecular formula is C31H35N3O6. The quantitative estimate of drug-likeness (QED) is 0.370. The van der Waals surface area contributed by atoms with E-state index >= 15 is 0 Å². The van der Waals surface area contributed by atoms with Crippen molar-refractivity contribution in [2.75, 3.05) is 46.6 Å². The van der Waals surface area contributed by atoms with Gasteiger partial charge in [0.1, 0.15) is 11.4 Å². The molecule has 1 amide bonds. The molecule has 1 aliphatic carbocycles. The molecule has 2 aliphatic rings. The van der Waals surface area contributed by atoms with Crippen LogP contribution in [0.5, 0.6) is 0 Å². The Kier molecular flexibility index (Phi) is 8.46. The van der Waals surface area contributed by atoms with E-state index in [4.69, 9.17) is 14.0 Å². The van der Waals surface area contributed by atoms with Crippen LogP contribution in [-0.2, 0) is 16.0 Å². The standard InChI is InChI=1S/C31H35N3O6/c1-3-32-30(36)28-27(23-11-9-21(10-12-23)19-34-13-15-39-16-14-34)29(40-33-28)25-17-24(22-7-5-4-6-8-22)26(35)18-31(25,37)20-38-2/h4-12,17-18,25,35,37H,3,13-16,19-20H2,1-2H3,(H,32,36). The van der Waals surface area contributed by atoms with E-state index in [0.717, 1.165) is 49.5 Å². The van der Waals surface area contributed by atoms with Crippen molar-refractivity contribution in [1.82, 2.24) is 15.4 Å². The van der Waals surface area contributed by atoms with E-state index in [9.17, 15) is 15.0 Å². The summed E-state index contributed by atoms with van der Waals surface area (Å²) in [5, 5.41) is 29.7. The Morgan fingerprint density at radius 2 is 1.85 bits per heavy atom. The minimum absolute atomic E-state index is 0.0699. The highest BCUT2D eigenvalue weighted by Gasteiger charge is 2.44. The molecule has 0 radical (unpaired) electrons. The van der Waals surface area contributed by atoms with Gasteiger partial charge in [0.05, 0.1) is 31.3 Å². The lowest BCUT2D eigenvalue weighted by Crippen LogP contribution is -2.40. The van der Waals surface area contributed by atoms with Gasteiger partial charge in [-0.25, -0.2) is 0 Å². The number of carbonyl (C=O) groups is 1. The van der Waals surface area contributed by atoms with Crippen molar-refractivity contribution in [2.45, 2.75) is 25.0 Å². The van der Waals surface area contributed by atoms with Crippen molar-refractivity contribution in [3.8, 4) is 11.1 Å². The molecule has 2 heterocycles. The number of methoxy groups -OCH3 is 1. The number of hydrogen-bond donors (Lipinski definition) is 3. The van der Waals surface area contributed by atoms with Crippen LogP contribution in [0.2, 0.25) is 0 Å². The fourth-order valence-corrected chi connectivity index (χ4v) is 5.32. The lowest BCUT2D eigenvalue weighted by atomic mass is 9.76. The monoisotopic (exact) mass is 545 g/mol. The Balaban J connectivity index is 1.59. The van der Waals surface area contributed by atoms with Crippen LogP contribution < -0.4 is 5.32 Å². The van der Waals surface area contributed by atoms with E-state index in [1.807, 2.05) is 61.5 Å². The molecule has 3 aromatic rings. The minimum atomic E-state index is -1.65. The number of benzene rings is 2. The topological polar surface area (TPSA) is 117 Å². The SMILES string of the molecule is CCNC(=O)c1noc(C2C=C(c3ccccc3)C(O)=CC2(O)COC)c1-c1ccc(CN2CCOCC2)cc1. The number of rotatable bonds is 9. The summed E-state index contributed by atoms with van der Waals surface area (Å²) < 4.78 is 16.7. The molecule has 0 bridgehead atoms. The lowest BCUT2D eigenvalue weighted by Gasteiger charge is -2.34. The normalized spacial score (nSPS) is 21.5. The molecule has 2 aromatic carbocycles. The van der Waals surface area contributed by atoms with Gasteiger partial charge in [0.25, 0.3) is 5.91 Å². The second-order valence-corrected chi connectivity index (χ2v) is 10.1. The molecule has 9 heteroatoms. The third-order valence-electron chi connectivity index (χ3n) is 7.30. The highest BCUT2D eigenvalue weighted by molar-refractivity contribution is 5.99. The summed E-state index contributed by atoms with van der Waals surface area (Å²) in [5.74, 6) is -0.947. The summed E-state index contributed by atoms with van der Waals surface area (Å²) in [5.41, 5.74) is 2.15. The van der Waals surface area contributed by atoms with E-state index in [1.165, 1.54) is 13.2 Å². The van der Waals surface area contributed by atoms with Gasteiger partial charge in [0.2, 0.25) is 0 Å². The van der Waals surface area contributed by atoms with Gasteiger partial charge < -0.3 is 29.5 Å². The average Bonchev–Trinajstić information content (AvgIpc) is 3.40. The third kappa shape index (κ3) is 5.73. The van der Waals surface area contributed by atoms with Crippen molar-refractivity contribution in [2.24, 2.45) is 0 Å². The van der Waals surface area contributed by atoms with E-state index in [1.54, 1.807) is 6.08 Å². The van der Waals surface area contributed by atoms with Crippen molar-refractivity contribution >= 4 is 11.5 Å². The molecule has 1 fully saturated rings. The summed E-state index contributed by atoms with van der Waals surface area (Å²) in [6, 6.07) is 17.3. The average molecular weight is 546 g/mol. The lowest BCUT2D eigenvalue weighted by molar-refractivity contribution is -0.0116. The van der Waals surface area contributed by atoms with Gasteiger partial charge in [-0.3, -0.25) is 9.69 Å². The largest absolute Gasteiger partial charge is 0.508 e. The summed E-state index contributed by atoms with van der Waals surface area (Å²) in [4.78, 5) is 15.4. The Hall–Kier alpha value is -3.76. The van der Waals surface area contributed by atoms with E-state index in [0.29, 0.717) is 23.4 Å². The second-order valence-electron chi connectivity index (χ2n) is 10.1. The van der Waals surface area contributed by atoms with E-state index < -0.39 is 11.5 Å². The maximum atomic E-state index is 13.1. The van der Waals surface area contributed by atoms with Crippen LogP contribution in [0, 0.1) is 0 Å². The van der Waals surface area contributed by atoms with Gasteiger partial charge in [-0.05, 0) is 29.7 Å². The van der Waals surface area contributed by atoms with Gasteiger partial charge >= 0.3 is 0 Å². The molecule has 1 aromatic heterocycles.